The fraction of sp³-hybridized carbons (Fsp3) is 0.600. The second kappa shape index (κ2) is 4.47. The van der Waals surface area contributed by atoms with Gasteiger partial charge in [0, 0.05) is 17.9 Å². The van der Waals surface area contributed by atoms with E-state index in [1.807, 2.05) is 12.1 Å². The van der Waals surface area contributed by atoms with Gasteiger partial charge in [-0.05, 0) is 37.0 Å². The summed E-state index contributed by atoms with van der Waals surface area (Å²) in [6.45, 7) is 2.10. The second-order valence-corrected chi connectivity index (χ2v) is 5.50. The molecule has 1 heterocycles. The largest absolute Gasteiger partial charge is 0.508 e. The lowest BCUT2D eigenvalue weighted by Gasteiger charge is -2.27. The predicted octanol–water partition coefficient (Wildman–Crippen LogP) is 2.73. The summed E-state index contributed by atoms with van der Waals surface area (Å²) in [5, 5.41) is 19.7. The Bertz CT molecular complexity index is 455. The number of phenolic OH excluding ortho intramolecular Hbond substituents is 1. The molecule has 1 aromatic carbocycles. The Labute approximate surface area is 107 Å². The highest BCUT2D eigenvalue weighted by atomic mass is 16.5. The van der Waals surface area contributed by atoms with Crippen LogP contribution in [0.2, 0.25) is 0 Å². The average molecular weight is 248 g/mol. The Morgan fingerprint density at radius 2 is 2.17 bits per heavy atom. The zero-order valence-corrected chi connectivity index (χ0v) is 10.7. The molecule has 98 valence electrons. The van der Waals surface area contributed by atoms with Crippen molar-refractivity contribution >= 4 is 0 Å². The van der Waals surface area contributed by atoms with Crippen LogP contribution in [-0.2, 0) is 6.42 Å². The van der Waals surface area contributed by atoms with Gasteiger partial charge in [-0.1, -0.05) is 13.3 Å². The molecule has 1 aromatic rings. The van der Waals surface area contributed by atoms with Crippen LogP contribution in [0.5, 0.6) is 11.5 Å². The molecule has 2 N–H and O–H groups in total. The number of hydrogen-bond donors (Lipinski definition) is 2. The molecule has 0 saturated heterocycles. The maximum atomic E-state index is 10.0. The van der Waals surface area contributed by atoms with Crippen molar-refractivity contribution < 1.29 is 14.9 Å². The number of benzene rings is 1. The lowest BCUT2D eigenvalue weighted by molar-refractivity contribution is 0.0551. The summed E-state index contributed by atoms with van der Waals surface area (Å²) >= 11 is 0. The van der Waals surface area contributed by atoms with E-state index in [-0.39, 0.29) is 12.2 Å². The topological polar surface area (TPSA) is 49.7 Å². The quantitative estimate of drug-likeness (QED) is 0.846. The van der Waals surface area contributed by atoms with Crippen molar-refractivity contribution in [3.63, 3.8) is 0 Å². The Morgan fingerprint density at radius 3 is 2.94 bits per heavy atom. The molecule has 0 amide bonds. The van der Waals surface area contributed by atoms with Gasteiger partial charge in [-0.25, -0.2) is 0 Å². The Kier molecular flexibility index (Phi) is 2.94. The monoisotopic (exact) mass is 248 g/mol. The van der Waals surface area contributed by atoms with Gasteiger partial charge < -0.3 is 14.9 Å². The third-order valence-electron chi connectivity index (χ3n) is 4.17. The van der Waals surface area contributed by atoms with Crippen LogP contribution in [0.25, 0.3) is 0 Å². The van der Waals surface area contributed by atoms with Gasteiger partial charge in [-0.15, -0.1) is 0 Å². The summed E-state index contributed by atoms with van der Waals surface area (Å²) in [5.41, 5.74) is 2.10. The fourth-order valence-electron chi connectivity index (χ4n) is 3.25. The van der Waals surface area contributed by atoms with E-state index >= 15 is 0 Å². The number of aliphatic hydroxyl groups excluding tert-OH is 1. The number of ether oxygens (including phenoxy) is 1. The first-order chi connectivity index (χ1) is 8.69. The second-order valence-electron chi connectivity index (χ2n) is 5.50. The summed E-state index contributed by atoms with van der Waals surface area (Å²) < 4.78 is 5.95. The van der Waals surface area contributed by atoms with Gasteiger partial charge in [0.2, 0.25) is 0 Å². The molecular weight excluding hydrogens is 228 g/mol. The zero-order valence-electron chi connectivity index (χ0n) is 10.7. The third-order valence-corrected chi connectivity index (χ3v) is 4.17. The Hall–Kier alpha value is -1.22. The van der Waals surface area contributed by atoms with E-state index in [0.717, 1.165) is 42.6 Å². The number of aryl methyl sites for hydroxylation is 1. The normalized spacial score (nSPS) is 29.6. The summed E-state index contributed by atoms with van der Waals surface area (Å²) in [6, 6.07) is 3.86. The highest BCUT2D eigenvalue weighted by Gasteiger charge is 2.39. The minimum absolute atomic E-state index is 0.0972. The maximum absolute atomic E-state index is 10.0. The predicted molar refractivity (Wildman–Crippen MR) is 69.1 cm³/mol. The van der Waals surface area contributed by atoms with Crippen molar-refractivity contribution in [3.8, 4) is 11.5 Å². The van der Waals surface area contributed by atoms with E-state index in [9.17, 15) is 10.2 Å². The molecular formula is C15H20O3. The molecule has 0 spiro atoms. The van der Waals surface area contributed by atoms with Gasteiger partial charge in [0.25, 0.3) is 0 Å². The van der Waals surface area contributed by atoms with Gasteiger partial charge in [0.05, 0.1) is 6.10 Å². The first-order valence-electron chi connectivity index (χ1n) is 6.89. The van der Waals surface area contributed by atoms with Crippen LogP contribution in [0, 0.1) is 0 Å². The molecule has 3 rings (SSSR count). The molecule has 0 aromatic heterocycles. The van der Waals surface area contributed by atoms with Gasteiger partial charge in [0.1, 0.15) is 17.6 Å². The van der Waals surface area contributed by atoms with Gasteiger partial charge >= 0.3 is 0 Å². The fourth-order valence-corrected chi connectivity index (χ4v) is 3.25. The Balaban J connectivity index is 1.92. The lowest BCUT2D eigenvalue weighted by atomic mass is 9.81. The molecule has 1 fully saturated rings. The van der Waals surface area contributed by atoms with E-state index in [4.69, 9.17) is 4.74 Å². The summed E-state index contributed by atoms with van der Waals surface area (Å²) in [7, 11) is 0. The molecule has 18 heavy (non-hydrogen) atoms. The van der Waals surface area contributed by atoms with E-state index in [1.54, 1.807) is 0 Å². The summed E-state index contributed by atoms with van der Waals surface area (Å²) in [4.78, 5) is 0. The molecule has 2 aliphatic rings. The summed E-state index contributed by atoms with van der Waals surface area (Å²) in [5.74, 6) is 1.66. The number of phenols is 1. The van der Waals surface area contributed by atoms with Crippen molar-refractivity contribution in [1.29, 1.82) is 0 Å². The van der Waals surface area contributed by atoms with Crippen LogP contribution >= 0.6 is 0 Å². The average Bonchev–Trinajstić information content (AvgIpc) is 2.66. The molecule has 1 unspecified atom stereocenters. The van der Waals surface area contributed by atoms with Gasteiger partial charge in [-0.3, -0.25) is 0 Å². The van der Waals surface area contributed by atoms with Crippen LogP contribution in [0.15, 0.2) is 12.1 Å². The Morgan fingerprint density at radius 1 is 1.33 bits per heavy atom. The number of aromatic hydroxyl groups is 1. The van der Waals surface area contributed by atoms with Crippen molar-refractivity contribution in [2.24, 2.45) is 0 Å². The number of rotatable bonds is 2. The van der Waals surface area contributed by atoms with Gasteiger partial charge in [0.15, 0.2) is 0 Å². The van der Waals surface area contributed by atoms with E-state index in [2.05, 4.69) is 6.92 Å². The lowest BCUT2D eigenvalue weighted by Crippen LogP contribution is -2.30. The van der Waals surface area contributed by atoms with Crippen LogP contribution in [0.1, 0.15) is 49.7 Å². The zero-order chi connectivity index (χ0) is 12.7. The van der Waals surface area contributed by atoms with E-state index in [0.29, 0.717) is 18.1 Å². The minimum atomic E-state index is -0.232. The SMILES string of the molecule is CCCc1cc2c(cc1O)[C@@H]1CCC(O)C[C@H]1O2. The van der Waals surface area contributed by atoms with E-state index in [1.165, 1.54) is 0 Å². The number of fused-ring (bicyclic) bond motifs is 3. The van der Waals surface area contributed by atoms with Crippen LogP contribution in [0.3, 0.4) is 0 Å². The molecule has 1 saturated carbocycles. The molecule has 1 aliphatic heterocycles. The molecule has 3 nitrogen and oxygen atoms in total. The first kappa shape index (κ1) is 11.8. The highest BCUT2D eigenvalue weighted by Crippen LogP contribution is 2.47. The molecule has 0 bridgehead atoms. The summed E-state index contributed by atoms with van der Waals surface area (Å²) in [6.07, 6.45) is 4.25. The molecule has 3 heteroatoms. The standard InChI is InChI=1S/C15H20O3/c1-2-3-9-6-14-12(8-13(9)17)11-5-4-10(16)7-15(11)18-14/h6,8,10-11,15-17H,2-5,7H2,1H3/t10?,11-,15+/m0/s1. The first-order valence-corrected chi connectivity index (χ1v) is 6.89. The molecule has 1 aliphatic carbocycles. The van der Waals surface area contributed by atoms with E-state index < -0.39 is 0 Å². The maximum Gasteiger partial charge on any atom is 0.123 e. The van der Waals surface area contributed by atoms with Crippen molar-refractivity contribution in [1.82, 2.24) is 0 Å². The van der Waals surface area contributed by atoms with Crippen LogP contribution in [0.4, 0.5) is 0 Å². The minimum Gasteiger partial charge on any atom is -0.508 e. The third kappa shape index (κ3) is 1.87. The van der Waals surface area contributed by atoms with Crippen molar-refractivity contribution in [2.75, 3.05) is 0 Å². The van der Waals surface area contributed by atoms with Crippen LogP contribution in [-0.4, -0.2) is 22.4 Å². The van der Waals surface area contributed by atoms with Gasteiger partial charge in [-0.2, -0.15) is 0 Å². The van der Waals surface area contributed by atoms with Crippen molar-refractivity contribution in [3.05, 3.63) is 23.3 Å². The number of hydrogen-bond acceptors (Lipinski definition) is 3. The number of aliphatic hydroxyl groups is 1. The highest BCUT2D eigenvalue weighted by molar-refractivity contribution is 5.50. The smallest absolute Gasteiger partial charge is 0.123 e. The molecule has 3 atom stereocenters. The van der Waals surface area contributed by atoms with Crippen LogP contribution < -0.4 is 4.74 Å². The molecule has 0 radical (unpaired) electrons. The van der Waals surface area contributed by atoms with Crippen molar-refractivity contribution in [2.45, 2.75) is 57.2 Å².